The van der Waals surface area contributed by atoms with Gasteiger partial charge in [-0.15, -0.1) is 0 Å². The van der Waals surface area contributed by atoms with Crippen molar-refractivity contribution in [3.05, 3.63) is 58.3 Å². The molecule has 100 valence electrons. The number of hydrogen-bond acceptors (Lipinski definition) is 4. The van der Waals surface area contributed by atoms with Gasteiger partial charge < -0.3 is 4.42 Å². The van der Waals surface area contributed by atoms with Crippen LogP contribution in [-0.2, 0) is 4.79 Å². The summed E-state index contributed by atoms with van der Waals surface area (Å²) >= 11 is 12.5. The molecule has 1 aliphatic rings. The lowest BCUT2D eigenvalue weighted by Gasteiger charge is -2.14. The number of rotatable bonds is 2. The van der Waals surface area contributed by atoms with Crippen LogP contribution in [0.15, 0.2) is 52.0 Å². The topological polar surface area (TPSA) is 33.5 Å². The van der Waals surface area contributed by atoms with Crippen LogP contribution in [0.5, 0.6) is 0 Å². The Balaban J connectivity index is 1.95. The predicted molar refractivity (Wildman–Crippen MR) is 85.8 cm³/mol. The number of carbonyl (C=O) groups is 1. The first-order chi connectivity index (χ1) is 9.65. The molecule has 1 amide bonds. The van der Waals surface area contributed by atoms with Crippen LogP contribution in [0.3, 0.4) is 0 Å². The summed E-state index contributed by atoms with van der Waals surface area (Å²) in [5.41, 5.74) is 0.669. The van der Waals surface area contributed by atoms with Crippen LogP contribution in [0.1, 0.15) is 5.76 Å². The summed E-state index contributed by atoms with van der Waals surface area (Å²) < 4.78 is 5.70. The van der Waals surface area contributed by atoms with Crippen LogP contribution >= 0.6 is 35.6 Å². The largest absolute Gasteiger partial charge is 0.465 e. The van der Waals surface area contributed by atoms with Gasteiger partial charge in [0, 0.05) is 11.1 Å². The Morgan fingerprint density at radius 3 is 2.85 bits per heavy atom. The molecule has 1 aromatic carbocycles. The molecule has 0 spiro atoms. The number of hydrogen-bond donors (Lipinski definition) is 0. The van der Waals surface area contributed by atoms with Crippen LogP contribution in [0.4, 0.5) is 5.69 Å². The summed E-state index contributed by atoms with van der Waals surface area (Å²) in [5.74, 6) is 0.454. The van der Waals surface area contributed by atoms with Gasteiger partial charge in [0.05, 0.1) is 16.9 Å². The molecular weight excluding hydrogens is 314 g/mol. The Morgan fingerprint density at radius 1 is 1.30 bits per heavy atom. The van der Waals surface area contributed by atoms with E-state index in [1.165, 1.54) is 16.7 Å². The highest BCUT2D eigenvalue weighted by atomic mass is 35.5. The number of benzene rings is 1. The van der Waals surface area contributed by atoms with Crippen LogP contribution in [0, 0.1) is 0 Å². The van der Waals surface area contributed by atoms with E-state index in [-0.39, 0.29) is 5.91 Å². The number of thioether (sulfide) groups is 1. The summed E-state index contributed by atoms with van der Waals surface area (Å²) in [6.07, 6.45) is 3.24. The third-order valence-electron chi connectivity index (χ3n) is 2.68. The van der Waals surface area contributed by atoms with E-state index >= 15 is 0 Å². The first kappa shape index (κ1) is 13.4. The maximum absolute atomic E-state index is 12.4. The second kappa shape index (κ2) is 5.44. The van der Waals surface area contributed by atoms with Gasteiger partial charge in [-0.3, -0.25) is 9.69 Å². The molecule has 2 heterocycles. The molecule has 3 nitrogen and oxygen atoms in total. The first-order valence-electron chi connectivity index (χ1n) is 5.72. The van der Waals surface area contributed by atoms with Crippen LogP contribution in [0.25, 0.3) is 6.08 Å². The van der Waals surface area contributed by atoms with Crippen molar-refractivity contribution in [2.45, 2.75) is 0 Å². The standard InChI is InChI=1S/C14H8ClNO2S2/c15-9-3-1-4-10(7-9)16-13(17)12(20-14(16)19)8-11-5-2-6-18-11/h1-8H. The molecule has 1 aliphatic heterocycles. The molecule has 1 aromatic heterocycles. The van der Waals surface area contributed by atoms with E-state index in [1.807, 2.05) is 0 Å². The van der Waals surface area contributed by atoms with Gasteiger partial charge in [-0.05, 0) is 30.3 Å². The minimum Gasteiger partial charge on any atom is -0.465 e. The number of furan rings is 1. The zero-order valence-corrected chi connectivity index (χ0v) is 12.5. The summed E-state index contributed by atoms with van der Waals surface area (Å²) in [4.78, 5) is 14.4. The molecule has 0 bridgehead atoms. The van der Waals surface area contributed by atoms with Crippen molar-refractivity contribution in [1.29, 1.82) is 0 Å². The van der Waals surface area contributed by atoms with E-state index in [0.717, 1.165) is 0 Å². The smallest absolute Gasteiger partial charge is 0.270 e. The molecule has 20 heavy (non-hydrogen) atoms. The fourth-order valence-corrected chi connectivity index (χ4v) is 3.27. The third kappa shape index (κ3) is 2.52. The van der Waals surface area contributed by atoms with Gasteiger partial charge in [0.15, 0.2) is 4.32 Å². The van der Waals surface area contributed by atoms with Crippen molar-refractivity contribution in [1.82, 2.24) is 0 Å². The Morgan fingerprint density at radius 2 is 2.15 bits per heavy atom. The second-order valence-corrected chi connectivity index (χ2v) is 6.12. The Bertz CT molecular complexity index is 710. The van der Waals surface area contributed by atoms with Crippen molar-refractivity contribution in [2.75, 3.05) is 4.90 Å². The highest BCUT2D eigenvalue weighted by Crippen LogP contribution is 2.36. The molecule has 3 rings (SSSR count). The van der Waals surface area contributed by atoms with Crippen molar-refractivity contribution in [3.63, 3.8) is 0 Å². The molecule has 0 atom stereocenters. The molecule has 0 aliphatic carbocycles. The predicted octanol–water partition coefficient (Wildman–Crippen LogP) is 4.34. The number of nitrogens with zero attached hydrogens (tertiary/aromatic N) is 1. The van der Waals surface area contributed by atoms with E-state index in [4.69, 9.17) is 28.2 Å². The maximum atomic E-state index is 12.4. The van der Waals surface area contributed by atoms with E-state index in [9.17, 15) is 4.79 Å². The van der Waals surface area contributed by atoms with Crippen molar-refractivity contribution in [3.8, 4) is 0 Å². The van der Waals surface area contributed by atoms with Gasteiger partial charge in [0.1, 0.15) is 5.76 Å². The Labute approximate surface area is 130 Å². The lowest BCUT2D eigenvalue weighted by molar-refractivity contribution is -0.113. The summed E-state index contributed by atoms with van der Waals surface area (Å²) in [5, 5.41) is 0.562. The van der Waals surface area contributed by atoms with Gasteiger partial charge in [-0.25, -0.2) is 0 Å². The molecule has 1 saturated heterocycles. The molecular formula is C14H8ClNO2S2. The van der Waals surface area contributed by atoms with E-state index in [2.05, 4.69) is 0 Å². The fraction of sp³-hybridized carbons (Fsp3) is 0. The van der Waals surface area contributed by atoms with Crippen molar-refractivity contribution < 1.29 is 9.21 Å². The molecule has 1 fully saturated rings. The van der Waals surface area contributed by atoms with Crippen LogP contribution < -0.4 is 4.90 Å². The van der Waals surface area contributed by atoms with Gasteiger partial charge >= 0.3 is 0 Å². The first-order valence-corrected chi connectivity index (χ1v) is 7.32. The van der Waals surface area contributed by atoms with Gasteiger partial charge in [-0.2, -0.15) is 0 Å². The van der Waals surface area contributed by atoms with Crippen LogP contribution in [-0.4, -0.2) is 10.2 Å². The highest BCUT2D eigenvalue weighted by Gasteiger charge is 2.33. The fourth-order valence-electron chi connectivity index (χ4n) is 1.81. The number of carbonyl (C=O) groups excluding carboxylic acids is 1. The Hall–Kier alpha value is -1.56. The summed E-state index contributed by atoms with van der Waals surface area (Å²) in [7, 11) is 0. The molecule has 0 saturated carbocycles. The highest BCUT2D eigenvalue weighted by molar-refractivity contribution is 8.27. The average molecular weight is 322 g/mol. The minimum atomic E-state index is -0.168. The van der Waals surface area contributed by atoms with Gasteiger partial charge in [0.25, 0.3) is 5.91 Å². The van der Waals surface area contributed by atoms with E-state index in [0.29, 0.717) is 25.7 Å². The number of amides is 1. The second-order valence-electron chi connectivity index (χ2n) is 4.01. The van der Waals surface area contributed by atoms with E-state index in [1.54, 1.807) is 48.7 Å². The number of thiocarbonyl (C=S) groups is 1. The lowest BCUT2D eigenvalue weighted by atomic mass is 10.3. The number of anilines is 1. The average Bonchev–Trinajstić information content (AvgIpc) is 2.99. The monoisotopic (exact) mass is 321 g/mol. The zero-order chi connectivity index (χ0) is 14.1. The van der Waals surface area contributed by atoms with Crippen molar-refractivity contribution in [2.24, 2.45) is 0 Å². The van der Waals surface area contributed by atoms with Gasteiger partial charge in [0.2, 0.25) is 0 Å². The maximum Gasteiger partial charge on any atom is 0.270 e. The normalized spacial score (nSPS) is 17.2. The SMILES string of the molecule is O=C1C(=Cc2ccco2)SC(=S)N1c1cccc(Cl)c1. The molecule has 0 N–H and O–H groups in total. The summed E-state index contributed by atoms with van der Waals surface area (Å²) in [6, 6.07) is 10.6. The van der Waals surface area contributed by atoms with Gasteiger partial charge in [-0.1, -0.05) is 41.6 Å². The lowest BCUT2D eigenvalue weighted by Crippen LogP contribution is -2.27. The molecule has 2 aromatic rings. The zero-order valence-electron chi connectivity index (χ0n) is 10.1. The number of halogens is 1. The quantitative estimate of drug-likeness (QED) is 0.608. The summed E-state index contributed by atoms with van der Waals surface area (Å²) in [6.45, 7) is 0. The third-order valence-corrected chi connectivity index (χ3v) is 4.21. The minimum absolute atomic E-state index is 0.168. The van der Waals surface area contributed by atoms with Crippen LogP contribution in [0.2, 0.25) is 5.02 Å². The Kier molecular flexibility index (Phi) is 3.65. The molecule has 0 unspecified atom stereocenters. The van der Waals surface area contributed by atoms with E-state index < -0.39 is 0 Å². The molecule has 6 heteroatoms. The van der Waals surface area contributed by atoms with Crippen molar-refractivity contribution >= 4 is 57.6 Å². The molecule has 0 radical (unpaired) electrons.